The Hall–Kier alpha value is -0.940. The SMILES string of the molecule is CC(C)c1n[nH]c(CN2CCCNCC2)n1. The number of aromatic amines is 1. The zero-order valence-electron chi connectivity index (χ0n) is 10.2. The van der Waals surface area contributed by atoms with E-state index >= 15 is 0 Å². The molecule has 5 nitrogen and oxygen atoms in total. The summed E-state index contributed by atoms with van der Waals surface area (Å²) in [5.74, 6) is 2.31. The standard InChI is InChI=1S/C11H21N5/c1-9(2)11-13-10(14-15-11)8-16-6-3-4-12-5-7-16/h9,12H,3-8H2,1-2H3,(H,13,14,15). The van der Waals surface area contributed by atoms with Crippen molar-refractivity contribution in [3.05, 3.63) is 11.6 Å². The third-order valence-electron chi connectivity index (χ3n) is 2.87. The monoisotopic (exact) mass is 223 g/mol. The van der Waals surface area contributed by atoms with Crippen molar-refractivity contribution in [2.24, 2.45) is 0 Å². The average Bonchev–Trinajstić information content (AvgIpc) is 2.56. The van der Waals surface area contributed by atoms with Gasteiger partial charge in [0.25, 0.3) is 0 Å². The van der Waals surface area contributed by atoms with Crippen LogP contribution >= 0.6 is 0 Å². The molecule has 5 heteroatoms. The lowest BCUT2D eigenvalue weighted by Crippen LogP contribution is -2.28. The number of hydrogen-bond acceptors (Lipinski definition) is 4. The summed E-state index contributed by atoms with van der Waals surface area (Å²) in [7, 11) is 0. The molecule has 16 heavy (non-hydrogen) atoms. The van der Waals surface area contributed by atoms with Gasteiger partial charge in [0.05, 0.1) is 6.54 Å². The minimum Gasteiger partial charge on any atom is -0.315 e. The van der Waals surface area contributed by atoms with Gasteiger partial charge in [-0.3, -0.25) is 10.00 Å². The van der Waals surface area contributed by atoms with Gasteiger partial charge in [-0.1, -0.05) is 13.8 Å². The molecule has 0 bridgehead atoms. The van der Waals surface area contributed by atoms with Crippen molar-refractivity contribution in [2.75, 3.05) is 26.2 Å². The van der Waals surface area contributed by atoms with Crippen LogP contribution in [0.1, 0.15) is 37.8 Å². The molecule has 0 atom stereocenters. The molecule has 1 aromatic rings. The van der Waals surface area contributed by atoms with E-state index < -0.39 is 0 Å². The predicted octanol–water partition coefficient (Wildman–Crippen LogP) is 0.723. The first-order chi connectivity index (χ1) is 7.75. The Morgan fingerprint density at radius 1 is 1.31 bits per heavy atom. The minimum atomic E-state index is 0.399. The van der Waals surface area contributed by atoms with E-state index in [1.54, 1.807) is 0 Å². The van der Waals surface area contributed by atoms with Crippen LogP contribution < -0.4 is 5.32 Å². The minimum absolute atomic E-state index is 0.399. The molecule has 1 saturated heterocycles. The van der Waals surface area contributed by atoms with Crippen molar-refractivity contribution in [3.8, 4) is 0 Å². The molecule has 1 aliphatic rings. The Balaban J connectivity index is 1.91. The van der Waals surface area contributed by atoms with Crippen molar-refractivity contribution < 1.29 is 0 Å². The maximum atomic E-state index is 4.51. The van der Waals surface area contributed by atoms with Gasteiger partial charge in [0.15, 0.2) is 5.82 Å². The number of nitrogens with zero attached hydrogens (tertiary/aromatic N) is 3. The highest BCUT2D eigenvalue weighted by Gasteiger charge is 2.12. The van der Waals surface area contributed by atoms with Crippen LogP contribution in [0.25, 0.3) is 0 Å². The molecule has 0 spiro atoms. The fraction of sp³-hybridized carbons (Fsp3) is 0.818. The normalized spacial score (nSPS) is 18.9. The van der Waals surface area contributed by atoms with E-state index in [1.807, 2.05) is 0 Å². The van der Waals surface area contributed by atoms with E-state index in [2.05, 4.69) is 39.2 Å². The Morgan fingerprint density at radius 2 is 2.19 bits per heavy atom. The van der Waals surface area contributed by atoms with Crippen molar-refractivity contribution in [1.82, 2.24) is 25.4 Å². The van der Waals surface area contributed by atoms with Crippen LogP contribution in [0.15, 0.2) is 0 Å². The fourth-order valence-corrected chi connectivity index (χ4v) is 1.91. The molecule has 1 aliphatic heterocycles. The van der Waals surface area contributed by atoms with E-state index in [9.17, 15) is 0 Å². The topological polar surface area (TPSA) is 56.8 Å². The van der Waals surface area contributed by atoms with E-state index in [0.29, 0.717) is 5.92 Å². The van der Waals surface area contributed by atoms with Crippen LogP contribution in [0.4, 0.5) is 0 Å². The third-order valence-corrected chi connectivity index (χ3v) is 2.87. The molecular formula is C11H21N5. The lowest BCUT2D eigenvalue weighted by atomic mass is 10.2. The highest BCUT2D eigenvalue weighted by Crippen LogP contribution is 2.09. The molecule has 1 fully saturated rings. The van der Waals surface area contributed by atoms with Crippen molar-refractivity contribution in [1.29, 1.82) is 0 Å². The second kappa shape index (κ2) is 5.41. The summed E-state index contributed by atoms with van der Waals surface area (Å²) in [5, 5.41) is 10.7. The number of hydrogen-bond donors (Lipinski definition) is 2. The first-order valence-corrected chi connectivity index (χ1v) is 6.10. The van der Waals surface area contributed by atoms with Crippen LogP contribution in [0.2, 0.25) is 0 Å². The number of H-pyrrole nitrogens is 1. The molecular weight excluding hydrogens is 202 g/mol. The van der Waals surface area contributed by atoms with E-state index in [1.165, 1.54) is 6.42 Å². The summed E-state index contributed by atoms with van der Waals surface area (Å²) >= 11 is 0. The Kier molecular flexibility index (Phi) is 3.90. The smallest absolute Gasteiger partial charge is 0.153 e. The second-order valence-electron chi connectivity index (χ2n) is 4.67. The molecule has 0 amide bonds. The summed E-state index contributed by atoms with van der Waals surface area (Å²) in [5.41, 5.74) is 0. The predicted molar refractivity (Wildman–Crippen MR) is 63.2 cm³/mol. The van der Waals surface area contributed by atoms with Gasteiger partial charge in [-0.25, -0.2) is 4.98 Å². The Morgan fingerprint density at radius 3 is 2.94 bits per heavy atom. The van der Waals surface area contributed by atoms with Crippen molar-refractivity contribution in [2.45, 2.75) is 32.7 Å². The van der Waals surface area contributed by atoms with Gasteiger partial charge >= 0.3 is 0 Å². The molecule has 1 aromatic heterocycles. The lowest BCUT2D eigenvalue weighted by Gasteiger charge is -2.17. The summed E-state index contributed by atoms with van der Waals surface area (Å²) in [6.07, 6.45) is 1.21. The number of nitrogens with one attached hydrogen (secondary N) is 2. The van der Waals surface area contributed by atoms with Crippen LogP contribution in [-0.4, -0.2) is 46.3 Å². The van der Waals surface area contributed by atoms with Crippen LogP contribution in [0.3, 0.4) is 0 Å². The summed E-state index contributed by atoms with van der Waals surface area (Å²) < 4.78 is 0. The van der Waals surface area contributed by atoms with E-state index in [0.717, 1.165) is 44.4 Å². The second-order valence-corrected chi connectivity index (χ2v) is 4.67. The number of aromatic nitrogens is 3. The highest BCUT2D eigenvalue weighted by atomic mass is 15.3. The molecule has 0 saturated carbocycles. The largest absolute Gasteiger partial charge is 0.315 e. The summed E-state index contributed by atoms with van der Waals surface area (Å²) in [6, 6.07) is 0. The molecule has 2 N–H and O–H groups in total. The summed E-state index contributed by atoms with van der Waals surface area (Å²) in [4.78, 5) is 6.93. The van der Waals surface area contributed by atoms with Gasteiger partial charge in [-0.15, -0.1) is 0 Å². The van der Waals surface area contributed by atoms with E-state index in [4.69, 9.17) is 0 Å². The van der Waals surface area contributed by atoms with Crippen LogP contribution in [-0.2, 0) is 6.54 Å². The van der Waals surface area contributed by atoms with Gasteiger partial charge in [-0.2, -0.15) is 5.10 Å². The van der Waals surface area contributed by atoms with Crippen LogP contribution in [0, 0.1) is 0 Å². The zero-order valence-corrected chi connectivity index (χ0v) is 10.2. The molecule has 2 heterocycles. The third kappa shape index (κ3) is 3.02. The maximum absolute atomic E-state index is 4.51. The van der Waals surface area contributed by atoms with Crippen molar-refractivity contribution >= 4 is 0 Å². The molecule has 0 radical (unpaired) electrons. The van der Waals surface area contributed by atoms with E-state index in [-0.39, 0.29) is 0 Å². The van der Waals surface area contributed by atoms with Gasteiger partial charge in [0.2, 0.25) is 0 Å². The van der Waals surface area contributed by atoms with Gasteiger partial charge in [-0.05, 0) is 19.5 Å². The first-order valence-electron chi connectivity index (χ1n) is 6.10. The number of rotatable bonds is 3. The Bertz CT molecular complexity index is 312. The summed E-state index contributed by atoms with van der Waals surface area (Å²) in [6.45, 7) is 9.56. The molecule has 0 aliphatic carbocycles. The first kappa shape index (κ1) is 11.5. The van der Waals surface area contributed by atoms with Gasteiger partial charge < -0.3 is 5.32 Å². The Labute approximate surface area is 96.6 Å². The maximum Gasteiger partial charge on any atom is 0.153 e. The zero-order chi connectivity index (χ0) is 11.4. The molecule has 0 unspecified atom stereocenters. The van der Waals surface area contributed by atoms with Crippen molar-refractivity contribution in [3.63, 3.8) is 0 Å². The average molecular weight is 223 g/mol. The molecule has 90 valence electrons. The fourth-order valence-electron chi connectivity index (χ4n) is 1.91. The quantitative estimate of drug-likeness (QED) is 0.793. The molecule has 0 aromatic carbocycles. The van der Waals surface area contributed by atoms with Gasteiger partial charge in [0.1, 0.15) is 5.82 Å². The molecule has 2 rings (SSSR count). The van der Waals surface area contributed by atoms with Crippen LogP contribution in [0.5, 0.6) is 0 Å². The van der Waals surface area contributed by atoms with Gasteiger partial charge in [0, 0.05) is 19.0 Å². The highest BCUT2D eigenvalue weighted by molar-refractivity contribution is 4.95. The lowest BCUT2D eigenvalue weighted by molar-refractivity contribution is 0.277.